The number of nitrogens with one attached hydrogen (secondary N) is 2. The van der Waals surface area contributed by atoms with Gasteiger partial charge in [-0.1, -0.05) is 35.9 Å². The van der Waals surface area contributed by atoms with Gasteiger partial charge < -0.3 is 15.4 Å². The van der Waals surface area contributed by atoms with Gasteiger partial charge in [-0.15, -0.1) is 0 Å². The summed E-state index contributed by atoms with van der Waals surface area (Å²) in [6, 6.07) is 12.0. The quantitative estimate of drug-likeness (QED) is 0.727. The van der Waals surface area contributed by atoms with Gasteiger partial charge in [0, 0.05) is 37.7 Å². The first-order valence-corrected chi connectivity index (χ1v) is 10.4. The van der Waals surface area contributed by atoms with Crippen LogP contribution in [-0.2, 0) is 17.9 Å². The van der Waals surface area contributed by atoms with Crippen molar-refractivity contribution in [2.24, 2.45) is 0 Å². The van der Waals surface area contributed by atoms with Gasteiger partial charge in [0.05, 0.1) is 13.2 Å². The Morgan fingerprint density at radius 3 is 2.62 bits per heavy atom. The van der Waals surface area contributed by atoms with Crippen molar-refractivity contribution in [2.45, 2.75) is 45.4 Å². The molecule has 2 atom stereocenters. The molecule has 156 valence electrons. The largest absolute Gasteiger partial charge is 0.496 e. The van der Waals surface area contributed by atoms with E-state index in [1.54, 1.807) is 14.2 Å². The van der Waals surface area contributed by atoms with E-state index in [4.69, 9.17) is 16.3 Å². The standard InChI is InChI=1S/C23H30ClN3O2/c1-15-16(2)22(29-4)10-9-17(15)12-26-19-11-21(23(28)25-3)27(14-19)13-18-7-5-6-8-20(18)24/h5-10,19,21,26H,11-14H2,1-4H3,(H,25,28)/t19-,21-/m0/s1. The third kappa shape index (κ3) is 4.92. The van der Waals surface area contributed by atoms with Gasteiger partial charge in [-0.3, -0.25) is 9.69 Å². The molecule has 1 aliphatic heterocycles. The van der Waals surface area contributed by atoms with E-state index < -0.39 is 0 Å². The number of likely N-dealkylation sites (N-methyl/N-ethyl adjacent to an activating group) is 1. The summed E-state index contributed by atoms with van der Waals surface area (Å²) in [6.45, 7) is 6.44. The monoisotopic (exact) mass is 415 g/mol. The molecule has 5 nitrogen and oxygen atoms in total. The van der Waals surface area contributed by atoms with Gasteiger partial charge in [0.25, 0.3) is 0 Å². The van der Waals surface area contributed by atoms with Crippen molar-refractivity contribution in [3.05, 3.63) is 63.7 Å². The topological polar surface area (TPSA) is 53.6 Å². The molecule has 1 aliphatic rings. The number of amides is 1. The van der Waals surface area contributed by atoms with E-state index in [1.165, 1.54) is 16.7 Å². The van der Waals surface area contributed by atoms with Gasteiger partial charge in [-0.05, 0) is 54.7 Å². The van der Waals surface area contributed by atoms with Crippen LogP contribution in [0.15, 0.2) is 36.4 Å². The minimum absolute atomic E-state index is 0.0535. The third-order valence-corrected chi connectivity index (χ3v) is 6.30. The normalized spacial score (nSPS) is 19.3. The first-order valence-electron chi connectivity index (χ1n) is 10.00. The van der Waals surface area contributed by atoms with Crippen LogP contribution < -0.4 is 15.4 Å². The minimum atomic E-state index is -0.160. The van der Waals surface area contributed by atoms with Crippen LogP contribution in [0.5, 0.6) is 5.75 Å². The Morgan fingerprint density at radius 2 is 1.93 bits per heavy atom. The van der Waals surface area contributed by atoms with E-state index in [9.17, 15) is 4.79 Å². The molecule has 3 rings (SSSR count). The fourth-order valence-electron chi connectivity index (χ4n) is 4.03. The fourth-order valence-corrected chi connectivity index (χ4v) is 4.23. The van der Waals surface area contributed by atoms with Crippen molar-refractivity contribution in [1.29, 1.82) is 0 Å². The Hall–Kier alpha value is -2.08. The number of hydrogen-bond acceptors (Lipinski definition) is 4. The first kappa shape index (κ1) is 21.6. The summed E-state index contributed by atoms with van der Waals surface area (Å²) in [5.74, 6) is 0.968. The summed E-state index contributed by atoms with van der Waals surface area (Å²) in [7, 11) is 3.39. The van der Waals surface area contributed by atoms with Gasteiger partial charge in [0.2, 0.25) is 5.91 Å². The van der Waals surface area contributed by atoms with Gasteiger partial charge >= 0.3 is 0 Å². The molecule has 1 heterocycles. The van der Waals surface area contributed by atoms with Crippen LogP contribution in [-0.4, -0.2) is 43.6 Å². The SMILES string of the molecule is CNC(=O)[C@@H]1C[C@H](NCc2ccc(OC)c(C)c2C)CN1Cc1ccccc1Cl. The van der Waals surface area contributed by atoms with Gasteiger partial charge in [-0.25, -0.2) is 0 Å². The number of nitrogens with zero attached hydrogens (tertiary/aromatic N) is 1. The van der Waals surface area contributed by atoms with E-state index in [-0.39, 0.29) is 18.0 Å². The van der Waals surface area contributed by atoms with Crippen LogP contribution in [0.1, 0.15) is 28.7 Å². The van der Waals surface area contributed by atoms with Crippen molar-refractivity contribution < 1.29 is 9.53 Å². The molecule has 2 N–H and O–H groups in total. The van der Waals surface area contributed by atoms with E-state index in [0.29, 0.717) is 6.54 Å². The average Bonchev–Trinajstić information content (AvgIpc) is 3.13. The van der Waals surface area contributed by atoms with Gasteiger partial charge in [0.1, 0.15) is 5.75 Å². The van der Waals surface area contributed by atoms with Gasteiger partial charge in [-0.2, -0.15) is 0 Å². The molecule has 0 aliphatic carbocycles. The summed E-state index contributed by atoms with van der Waals surface area (Å²) < 4.78 is 5.41. The van der Waals surface area contributed by atoms with E-state index in [2.05, 4.69) is 35.4 Å². The first-order chi connectivity index (χ1) is 13.9. The van der Waals surface area contributed by atoms with Crippen molar-refractivity contribution in [3.8, 4) is 5.75 Å². The highest BCUT2D eigenvalue weighted by atomic mass is 35.5. The average molecular weight is 416 g/mol. The lowest BCUT2D eigenvalue weighted by Crippen LogP contribution is -2.41. The highest BCUT2D eigenvalue weighted by Gasteiger charge is 2.36. The smallest absolute Gasteiger partial charge is 0.237 e. The molecule has 0 unspecified atom stereocenters. The van der Waals surface area contributed by atoms with Crippen LogP contribution in [0, 0.1) is 13.8 Å². The number of carbonyl (C=O) groups excluding carboxylic acids is 1. The number of methoxy groups -OCH3 is 1. The maximum Gasteiger partial charge on any atom is 0.237 e. The van der Waals surface area contributed by atoms with Crippen molar-refractivity contribution >= 4 is 17.5 Å². The van der Waals surface area contributed by atoms with Crippen LogP contribution >= 0.6 is 11.6 Å². The second kappa shape index (κ2) is 9.61. The molecular formula is C23H30ClN3O2. The highest BCUT2D eigenvalue weighted by molar-refractivity contribution is 6.31. The third-order valence-electron chi connectivity index (χ3n) is 5.93. The van der Waals surface area contributed by atoms with Crippen molar-refractivity contribution in [3.63, 3.8) is 0 Å². The minimum Gasteiger partial charge on any atom is -0.496 e. The summed E-state index contributed by atoms with van der Waals surface area (Å²) in [6.07, 6.45) is 0.776. The molecule has 2 aromatic carbocycles. The number of hydrogen-bond donors (Lipinski definition) is 2. The predicted molar refractivity (Wildman–Crippen MR) is 117 cm³/mol. The number of carbonyl (C=O) groups is 1. The number of likely N-dealkylation sites (tertiary alicyclic amines) is 1. The lowest BCUT2D eigenvalue weighted by molar-refractivity contribution is -0.125. The van der Waals surface area contributed by atoms with Crippen molar-refractivity contribution in [1.82, 2.24) is 15.5 Å². The zero-order valence-corrected chi connectivity index (χ0v) is 18.3. The zero-order valence-electron chi connectivity index (χ0n) is 17.6. The van der Waals surface area contributed by atoms with Crippen LogP contribution in [0.4, 0.5) is 0 Å². The maximum atomic E-state index is 12.5. The molecule has 0 radical (unpaired) electrons. The van der Waals surface area contributed by atoms with Crippen molar-refractivity contribution in [2.75, 3.05) is 20.7 Å². The van der Waals surface area contributed by atoms with E-state index in [0.717, 1.165) is 35.8 Å². The van der Waals surface area contributed by atoms with Crippen LogP contribution in [0.3, 0.4) is 0 Å². The summed E-state index contributed by atoms with van der Waals surface area (Å²) >= 11 is 6.35. The van der Waals surface area contributed by atoms with E-state index in [1.807, 2.05) is 30.3 Å². The lowest BCUT2D eigenvalue weighted by Gasteiger charge is -2.23. The number of benzene rings is 2. The van der Waals surface area contributed by atoms with Gasteiger partial charge in [0.15, 0.2) is 0 Å². The second-order valence-corrected chi connectivity index (χ2v) is 8.05. The number of halogens is 1. The molecule has 2 aromatic rings. The van der Waals surface area contributed by atoms with Crippen LogP contribution in [0.2, 0.25) is 5.02 Å². The molecule has 1 saturated heterocycles. The Balaban J connectivity index is 1.69. The zero-order chi connectivity index (χ0) is 21.0. The maximum absolute atomic E-state index is 12.5. The second-order valence-electron chi connectivity index (χ2n) is 7.64. The van der Waals surface area contributed by atoms with E-state index >= 15 is 0 Å². The molecule has 0 bridgehead atoms. The Bertz CT molecular complexity index is 871. The lowest BCUT2D eigenvalue weighted by atomic mass is 10.0. The Labute approximate surface area is 178 Å². The summed E-state index contributed by atoms with van der Waals surface area (Å²) in [5, 5.41) is 7.19. The molecule has 0 aromatic heterocycles. The predicted octanol–water partition coefficient (Wildman–Crippen LogP) is 3.44. The Morgan fingerprint density at radius 1 is 1.17 bits per heavy atom. The molecule has 1 amide bonds. The summed E-state index contributed by atoms with van der Waals surface area (Å²) in [5.41, 5.74) is 4.71. The number of ether oxygens (including phenoxy) is 1. The molecule has 6 heteroatoms. The molecule has 0 spiro atoms. The molecule has 29 heavy (non-hydrogen) atoms. The molecule has 1 fully saturated rings. The molecule has 0 saturated carbocycles. The highest BCUT2D eigenvalue weighted by Crippen LogP contribution is 2.26. The molecular weight excluding hydrogens is 386 g/mol. The number of rotatable bonds is 7. The summed E-state index contributed by atoms with van der Waals surface area (Å²) in [4.78, 5) is 14.7. The Kier molecular flexibility index (Phi) is 7.17. The fraction of sp³-hybridized carbons (Fsp3) is 0.435. The van der Waals surface area contributed by atoms with Crippen LogP contribution in [0.25, 0.3) is 0 Å².